The summed E-state index contributed by atoms with van der Waals surface area (Å²) in [5.41, 5.74) is -0.770. The molecule has 1 aromatic carbocycles. The van der Waals surface area contributed by atoms with Crippen molar-refractivity contribution < 1.29 is 32.5 Å². The maximum absolute atomic E-state index is 12.5. The summed E-state index contributed by atoms with van der Waals surface area (Å²) in [6, 6.07) is 3.75. The largest absolute Gasteiger partial charge is 0.491 e. The van der Waals surface area contributed by atoms with Gasteiger partial charge in [-0.25, -0.2) is 0 Å². The smallest absolute Gasteiger partial charge is 0.416 e. The fourth-order valence-electron chi connectivity index (χ4n) is 2.38. The highest BCUT2D eigenvalue weighted by Gasteiger charge is 2.30. The molecule has 1 fully saturated rings. The lowest BCUT2D eigenvalue weighted by Crippen LogP contribution is -2.53. The van der Waals surface area contributed by atoms with Gasteiger partial charge in [0.15, 0.2) is 0 Å². The number of hydrogen-bond acceptors (Lipinski definition) is 5. The Hall–Kier alpha value is -1.84. The molecule has 0 radical (unpaired) electrons. The van der Waals surface area contributed by atoms with Crippen molar-refractivity contribution in [3.63, 3.8) is 0 Å². The van der Waals surface area contributed by atoms with Crippen LogP contribution in [0.1, 0.15) is 5.56 Å². The predicted octanol–water partition coefficient (Wildman–Crippen LogP) is 0.892. The molecule has 1 aliphatic rings. The van der Waals surface area contributed by atoms with E-state index in [-0.39, 0.29) is 31.4 Å². The van der Waals surface area contributed by atoms with Gasteiger partial charge in [-0.15, -0.1) is 0 Å². The van der Waals surface area contributed by atoms with Gasteiger partial charge in [-0.2, -0.15) is 13.2 Å². The van der Waals surface area contributed by atoms with Crippen molar-refractivity contribution in [2.45, 2.75) is 18.3 Å². The Kier molecular flexibility index (Phi) is 6.63. The van der Waals surface area contributed by atoms with Crippen molar-refractivity contribution in [3.8, 4) is 5.75 Å². The van der Waals surface area contributed by atoms with Crippen LogP contribution < -0.4 is 10.1 Å². The number of rotatable bonds is 6. The lowest BCUT2D eigenvalue weighted by molar-refractivity contribution is -0.137. The van der Waals surface area contributed by atoms with E-state index >= 15 is 0 Å². The molecule has 0 aliphatic carbocycles. The molecule has 1 heterocycles. The SMILES string of the molecule is CN(CC(O)COc1ccc(C(F)(F)F)cc1)C(=O)C1COCCN1. The maximum atomic E-state index is 12.5. The van der Waals surface area contributed by atoms with Crippen LogP contribution in [0.25, 0.3) is 0 Å². The molecule has 2 atom stereocenters. The van der Waals surface area contributed by atoms with Crippen molar-refractivity contribution in [2.24, 2.45) is 0 Å². The number of ether oxygens (including phenoxy) is 2. The van der Waals surface area contributed by atoms with Crippen molar-refractivity contribution >= 4 is 5.91 Å². The number of hydrogen-bond donors (Lipinski definition) is 2. The van der Waals surface area contributed by atoms with E-state index in [1.165, 1.54) is 17.0 Å². The van der Waals surface area contributed by atoms with Gasteiger partial charge in [-0.05, 0) is 24.3 Å². The van der Waals surface area contributed by atoms with Gasteiger partial charge in [0, 0.05) is 20.1 Å². The molecular weight excluding hydrogens is 341 g/mol. The average molecular weight is 362 g/mol. The van der Waals surface area contributed by atoms with E-state index in [2.05, 4.69) is 5.32 Å². The second-order valence-corrected chi connectivity index (χ2v) is 5.79. The van der Waals surface area contributed by atoms with Gasteiger partial charge >= 0.3 is 6.18 Å². The van der Waals surface area contributed by atoms with Gasteiger partial charge in [0.1, 0.15) is 24.5 Å². The van der Waals surface area contributed by atoms with Gasteiger partial charge in [0.25, 0.3) is 0 Å². The summed E-state index contributed by atoms with van der Waals surface area (Å²) in [4.78, 5) is 13.5. The molecule has 6 nitrogen and oxygen atoms in total. The predicted molar refractivity (Wildman–Crippen MR) is 83.2 cm³/mol. The van der Waals surface area contributed by atoms with Crippen LogP contribution in [0.5, 0.6) is 5.75 Å². The van der Waals surface area contributed by atoms with Crippen LogP contribution >= 0.6 is 0 Å². The van der Waals surface area contributed by atoms with E-state index in [0.717, 1.165) is 12.1 Å². The monoisotopic (exact) mass is 362 g/mol. The third-order valence-corrected chi connectivity index (χ3v) is 3.70. The second kappa shape index (κ2) is 8.50. The molecule has 1 aromatic rings. The Morgan fingerprint density at radius 2 is 2.12 bits per heavy atom. The highest BCUT2D eigenvalue weighted by molar-refractivity contribution is 5.81. The van der Waals surface area contributed by atoms with Crippen LogP contribution in [0, 0.1) is 0 Å². The van der Waals surface area contributed by atoms with Crippen LogP contribution in [0.4, 0.5) is 13.2 Å². The number of amides is 1. The quantitative estimate of drug-likeness (QED) is 0.787. The summed E-state index contributed by atoms with van der Waals surface area (Å²) >= 11 is 0. The fourth-order valence-corrected chi connectivity index (χ4v) is 2.38. The Balaban J connectivity index is 1.77. The molecule has 2 rings (SSSR count). The van der Waals surface area contributed by atoms with Crippen molar-refractivity contribution in [1.82, 2.24) is 10.2 Å². The molecule has 140 valence electrons. The Bertz CT molecular complexity index is 559. The van der Waals surface area contributed by atoms with Crippen molar-refractivity contribution in [3.05, 3.63) is 29.8 Å². The van der Waals surface area contributed by atoms with E-state index in [1.54, 1.807) is 7.05 Å². The normalized spacial score (nSPS) is 19.3. The average Bonchev–Trinajstić information content (AvgIpc) is 2.59. The number of halogens is 3. The number of likely N-dealkylation sites (N-methyl/N-ethyl adjacent to an activating group) is 1. The van der Waals surface area contributed by atoms with Crippen molar-refractivity contribution in [1.29, 1.82) is 0 Å². The highest BCUT2D eigenvalue weighted by Crippen LogP contribution is 2.30. The molecule has 1 aliphatic heterocycles. The first kappa shape index (κ1) is 19.5. The first-order valence-corrected chi connectivity index (χ1v) is 7.81. The minimum atomic E-state index is -4.40. The number of alkyl halides is 3. The molecule has 2 N–H and O–H groups in total. The number of benzene rings is 1. The van der Waals surface area contributed by atoms with Crippen LogP contribution in [-0.2, 0) is 15.7 Å². The molecule has 9 heteroatoms. The number of nitrogens with zero attached hydrogens (tertiary/aromatic N) is 1. The number of carbonyl (C=O) groups excluding carboxylic acids is 1. The van der Waals surface area contributed by atoms with Crippen LogP contribution in [-0.4, -0.2) is 68.0 Å². The lowest BCUT2D eigenvalue weighted by atomic mass is 10.2. The third kappa shape index (κ3) is 5.87. The Morgan fingerprint density at radius 1 is 1.44 bits per heavy atom. The van der Waals surface area contributed by atoms with E-state index in [0.29, 0.717) is 13.2 Å². The third-order valence-electron chi connectivity index (χ3n) is 3.70. The second-order valence-electron chi connectivity index (χ2n) is 5.79. The Labute approximate surface area is 143 Å². The van der Waals surface area contributed by atoms with Crippen LogP contribution in [0.3, 0.4) is 0 Å². The molecule has 0 bridgehead atoms. The first-order chi connectivity index (χ1) is 11.8. The van der Waals surface area contributed by atoms with E-state index in [1.807, 2.05) is 0 Å². The van der Waals surface area contributed by atoms with Gasteiger partial charge in [0.05, 0.1) is 18.8 Å². The first-order valence-electron chi connectivity index (χ1n) is 7.81. The van der Waals surface area contributed by atoms with Crippen LogP contribution in [0.2, 0.25) is 0 Å². The molecule has 2 unspecified atom stereocenters. The van der Waals surface area contributed by atoms with E-state index in [4.69, 9.17) is 9.47 Å². The van der Waals surface area contributed by atoms with Gasteiger partial charge in [0.2, 0.25) is 5.91 Å². The molecule has 1 saturated heterocycles. The zero-order chi connectivity index (χ0) is 18.4. The summed E-state index contributed by atoms with van der Waals surface area (Å²) in [6.45, 7) is 1.32. The number of carbonyl (C=O) groups is 1. The Morgan fingerprint density at radius 3 is 2.68 bits per heavy atom. The molecule has 0 aromatic heterocycles. The highest BCUT2D eigenvalue weighted by atomic mass is 19.4. The minimum Gasteiger partial charge on any atom is -0.491 e. The minimum absolute atomic E-state index is 0.0393. The lowest BCUT2D eigenvalue weighted by Gasteiger charge is -2.28. The number of aliphatic hydroxyl groups excluding tert-OH is 1. The molecule has 1 amide bonds. The summed E-state index contributed by atoms with van der Waals surface area (Å²) in [7, 11) is 1.56. The molecule has 0 spiro atoms. The van der Waals surface area contributed by atoms with Crippen LogP contribution in [0.15, 0.2) is 24.3 Å². The number of aliphatic hydroxyl groups is 1. The summed E-state index contributed by atoms with van der Waals surface area (Å²) < 4.78 is 47.9. The van der Waals surface area contributed by atoms with Gasteiger partial charge in [-0.3, -0.25) is 4.79 Å². The zero-order valence-electron chi connectivity index (χ0n) is 13.8. The molecule has 0 saturated carbocycles. The number of nitrogens with one attached hydrogen (secondary N) is 1. The summed E-state index contributed by atoms with van der Waals surface area (Å²) in [5, 5.41) is 13.0. The summed E-state index contributed by atoms with van der Waals surface area (Å²) in [6.07, 6.45) is -5.38. The molecule has 25 heavy (non-hydrogen) atoms. The molecular formula is C16H21F3N2O4. The van der Waals surface area contributed by atoms with Crippen molar-refractivity contribution in [2.75, 3.05) is 40.0 Å². The van der Waals surface area contributed by atoms with E-state index < -0.39 is 23.9 Å². The zero-order valence-corrected chi connectivity index (χ0v) is 13.8. The topological polar surface area (TPSA) is 71.0 Å². The van der Waals surface area contributed by atoms with E-state index in [9.17, 15) is 23.1 Å². The summed E-state index contributed by atoms with van der Waals surface area (Å²) in [5.74, 6) is 0.0108. The maximum Gasteiger partial charge on any atom is 0.416 e. The van der Waals surface area contributed by atoms with Gasteiger partial charge in [-0.1, -0.05) is 0 Å². The van der Waals surface area contributed by atoms with Gasteiger partial charge < -0.3 is 24.8 Å². The standard InChI is InChI=1S/C16H21F3N2O4/c1-21(15(23)14-10-24-7-6-20-14)8-12(22)9-25-13-4-2-11(3-5-13)16(17,18)19/h2-5,12,14,20,22H,6-10H2,1H3. The fraction of sp³-hybridized carbons (Fsp3) is 0.562. The number of morpholine rings is 1.